The van der Waals surface area contributed by atoms with Crippen molar-refractivity contribution in [3.8, 4) is 0 Å². The molecule has 1 saturated heterocycles. The molecule has 1 aliphatic carbocycles. The molecule has 3 unspecified atom stereocenters. The molecule has 16 heteroatoms. The molecule has 2 N–H and O–H groups in total. The second-order valence-corrected chi connectivity index (χ2v) is 19.5. The third kappa shape index (κ3) is 7.79. The highest BCUT2D eigenvalue weighted by Crippen LogP contribution is 2.52. The van der Waals surface area contributed by atoms with Crippen LogP contribution >= 0.6 is 58.4 Å². The summed E-state index contributed by atoms with van der Waals surface area (Å²) in [5.74, 6) is -2.02. The Morgan fingerprint density at radius 3 is 2.24 bits per heavy atom. The van der Waals surface area contributed by atoms with E-state index in [-0.39, 0.29) is 15.1 Å². The van der Waals surface area contributed by atoms with Crippen LogP contribution in [0.4, 0.5) is 11.4 Å². The summed E-state index contributed by atoms with van der Waals surface area (Å²) in [6.45, 7) is 3.27. The molecule has 5 aromatic rings. The van der Waals surface area contributed by atoms with E-state index in [4.69, 9.17) is 12.2 Å². The number of benzene rings is 3. The highest BCUT2D eigenvalue weighted by atomic mass is 32.2. The second-order valence-electron chi connectivity index (χ2n) is 14.4. The average Bonchev–Trinajstić information content (AvgIpc) is 4.01. The predicted molar refractivity (Wildman–Crippen MR) is 241 cm³/mol. The Labute approximate surface area is 359 Å². The largest absolute Gasteiger partial charge is 0.480 e. The minimum atomic E-state index is -1.21. The van der Waals surface area contributed by atoms with Crippen molar-refractivity contribution >= 4 is 115 Å². The fraction of sp³-hybridized carbons (Fsp3) is 0.256. The number of aromatic nitrogens is 2. The van der Waals surface area contributed by atoms with E-state index in [0.717, 1.165) is 91.2 Å². The number of hydrogen-bond acceptors (Lipinski definition) is 11. The molecule has 3 aliphatic rings. The van der Waals surface area contributed by atoms with Crippen molar-refractivity contribution in [2.75, 3.05) is 11.4 Å². The molecule has 302 valence electrons. The van der Waals surface area contributed by atoms with Crippen molar-refractivity contribution in [1.82, 2.24) is 14.0 Å². The molecule has 0 bridgehead atoms. The van der Waals surface area contributed by atoms with Crippen LogP contribution in [0.5, 0.6) is 0 Å². The molecule has 1 amide bonds. The maximum absolute atomic E-state index is 13.9. The highest BCUT2D eigenvalue weighted by molar-refractivity contribution is 8.30. The number of nitrogens with zero attached hydrogens (tertiary/aromatic N) is 4. The van der Waals surface area contributed by atoms with Gasteiger partial charge in [-0.3, -0.25) is 33.4 Å². The number of fused-ring (bicyclic) bond motifs is 3. The Hall–Kier alpha value is -5.00. The molecule has 1 saturated carbocycles. The fourth-order valence-corrected chi connectivity index (χ4v) is 12.6. The zero-order valence-corrected chi connectivity index (χ0v) is 36.2. The van der Waals surface area contributed by atoms with Gasteiger partial charge in [0, 0.05) is 41.8 Å². The van der Waals surface area contributed by atoms with Crippen LogP contribution in [0.3, 0.4) is 0 Å². The molecule has 59 heavy (non-hydrogen) atoms. The molecule has 4 heterocycles. The van der Waals surface area contributed by atoms with Gasteiger partial charge in [-0.25, -0.2) is 0 Å². The molecule has 0 radical (unpaired) electrons. The number of thiocarbonyl (C=S) groups is 1. The predicted octanol–water partition coefficient (Wildman–Crippen LogP) is 6.38. The van der Waals surface area contributed by atoms with Crippen molar-refractivity contribution in [1.29, 1.82) is 0 Å². The highest BCUT2D eigenvalue weighted by Gasteiger charge is 2.42. The summed E-state index contributed by atoms with van der Waals surface area (Å²) in [6, 6.07) is 22.8. The molecule has 11 nitrogen and oxygen atoms in total. The number of carbonyl (C=O) groups is 3. The number of carbonyl (C=O) groups excluding carboxylic acids is 1. The zero-order valence-electron chi connectivity index (χ0n) is 32.1. The number of hydrogen-bond donors (Lipinski definition) is 2. The second kappa shape index (κ2) is 16.6. The van der Waals surface area contributed by atoms with Gasteiger partial charge in [0.1, 0.15) is 34.9 Å². The van der Waals surface area contributed by atoms with Gasteiger partial charge in [0.25, 0.3) is 17.0 Å². The van der Waals surface area contributed by atoms with Crippen LogP contribution in [0, 0.1) is 9.20 Å². The summed E-state index contributed by atoms with van der Waals surface area (Å²) in [6.07, 6.45) is 9.07. The van der Waals surface area contributed by atoms with Crippen molar-refractivity contribution in [2.24, 2.45) is 7.05 Å². The number of aliphatic carboxylic acids is 2. The van der Waals surface area contributed by atoms with Crippen LogP contribution in [0.15, 0.2) is 81.2 Å². The lowest BCUT2D eigenvalue weighted by Gasteiger charge is -2.27. The summed E-state index contributed by atoms with van der Waals surface area (Å²) in [4.78, 5) is 69.0. The summed E-state index contributed by atoms with van der Waals surface area (Å²) >= 11 is 9.96. The molecule has 2 aromatic heterocycles. The van der Waals surface area contributed by atoms with Gasteiger partial charge in [-0.2, -0.15) is 0 Å². The number of carboxylic acid groups (broad SMARTS) is 2. The van der Waals surface area contributed by atoms with Gasteiger partial charge in [0.2, 0.25) is 0 Å². The minimum Gasteiger partial charge on any atom is -0.480 e. The topological polar surface area (TPSA) is 142 Å². The van der Waals surface area contributed by atoms with Crippen molar-refractivity contribution in [3.05, 3.63) is 128 Å². The molecular weight excluding hydrogens is 845 g/mol. The maximum Gasteiger partial charge on any atom is 0.323 e. The lowest BCUT2D eigenvalue weighted by Crippen LogP contribution is -2.30. The number of anilines is 2. The SMILES string of the molecule is CCN1C(=O)/C(=c2\s/c(=c3/s/c(=C\c4ccc5c(c4)C4CCCC4N5c4ccc(C=Cc5ccc(SC(C)C(=O)O)cc5)cc4)c(=O)n3CC(=O)O)c(=O)n2C)SC1=S. The fourth-order valence-electron chi connectivity index (χ4n) is 7.86. The third-order valence-electron chi connectivity index (χ3n) is 10.8. The molecule has 3 aromatic carbocycles. The minimum absolute atomic E-state index is 0.185. The molecule has 3 atom stereocenters. The van der Waals surface area contributed by atoms with Gasteiger partial charge in [-0.1, -0.05) is 72.9 Å². The van der Waals surface area contributed by atoms with Crippen molar-refractivity contribution in [2.45, 2.75) is 61.8 Å². The van der Waals surface area contributed by atoms with Gasteiger partial charge in [-0.05, 0) is 91.4 Å². The first kappa shape index (κ1) is 40.8. The van der Waals surface area contributed by atoms with Crippen LogP contribution in [0.25, 0.3) is 23.1 Å². The van der Waals surface area contributed by atoms with Gasteiger partial charge in [0.15, 0.2) is 0 Å². The van der Waals surface area contributed by atoms with Crippen LogP contribution in [-0.2, 0) is 28.0 Å². The van der Waals surface area contributed by atoms with E-state index in [9.17, 15) is 34.2 Å². The van der Waals surface area contributed by atoms with Crippen molar-refractivity contribution < 1.29 is 24.6 Å². The summed E-state index contributed by atoms with van der Waals surface area (Å²) in [5.41, 5.74) is 5.38. The first-order chi connectivity index (χ1) is 28.3. The molecule has 2 fully saturated rings. The number of thioether (sulfide) groups is 2. The van der Waals surface area contributed by atoms with Crippen LogP contribution in [-0.4, -0.2) is 64.3 Å². The molecular formula is C43H38N4O7S5. The monoisotopic (exact) mass is 882 g/mol. The number of carboxylic acids is 2. The Morgan fingerprint density at radius 2 is 1.59 bits per heavy atom. The standard InChI is InChI=1S/C43H38N4O7S5/c1-4-45-39(52)36(59-43(45)55)40-44(3)38(51)35(58-40)41-46(22-34(48)49)37(50)33(57-41)21-26-14-19-32-30(20-26)29-6-5-7-31(29)47(32)27-15-10-24(11-16-27)8-9-25-12-17-28(18-13-25)56-23(2)42(53)54/h8-21,23,29,31H,4-7,22H2,1-3H3,(H,48,49)(H,53,54)/b9-8?,33-21-,40-36+,41-35+. The van der Waals surface area contributed by atoms with E-state index < -0.39 is 34.9 Å². The Kier molecular flexibility index (Phi) is 11.4. The average molecular weight is 883 g/mol. The van der Waals surface area contributed by atoms with Crippen LogP contribution in [0.2, 0.25) is 0 Å². The van der Waals surface area contributed by atoms with Crippen molar-refractivity contribution in [3.63, 3.8) is 0 Å². The van der Waals surface area contributed by atoms with E-state index >= 15 is 0 Å². The Morgan fingerprint density at radius 1 is 0.915 bits per heavy atom. The summed E-state index contributed by atoms with van der Waals surface area (Å²) < 4.78 is 4.02. The quantitative estimate of drug-likeness (QED) is 0.0917. The smallest absolute Gasteiger partial charge is 0.323 e. The molecule has 8 rings (SSSR count). The van der Waals surface area contributed by atoms with E-state index in [1.165, 1.54) is 26.8 Å². The molecule has 2 aliphatic heterocycles. The Bertz CT molecular complexity index is 2930. The normalized spacial score (nSPS) is 19.9. The van der Waals surface area contributed by atoms with Gasteiger partial charge in [0.05, 0.1) is 4.53 Å². The van der Waals surface area contributed by atoms with E-state index in [2.05, 4.69) is 47.4 Å². The third-order valence-corrected chi connectivity index (χ3v) is 15.9. The van der Waals surface area contributed by atoms with Crippen LogP contribution in [0.1, 0.15) is 61.3 Å². The number of rotatable bonds is 10. The first-order valence-corrected chi connectivity index (χ1v) is 22.7. The lowest BCUT2D eigenvalue weighted by molar-refractivity contribution is -0.138. The summed E-state index contributed by atoms with van der Waals surface area (Å²) in [7, 11) is 1.56. The number of thiazole rings is 2. The maximum atomic E-state index is 13.9. The Balaban J connectivity index is 1.11. The van der Waals surface area contributed by atoms with Gasteiger partial charge in [-0.15, -0.1) is 34.4 Å². The zero-order chi connectivity index (χ0) is 41.7. The van der Waals surface area contributed by atoms with Gasteiger partial charge >= 0.3 is 11.9 Å². The van der Waals surface area contributed by atoms with E-state index in [1.807, 2.05) is 43.3 Å². The van der Waals surface area contributed by atoms with E-state index in [1.54, 1.807) is 20.0 Å². The van der Waals surface area contributed by atoms with E-state index in [0.29, 0.717) is 36.9 Å². The summed E-state index contributed by atoms with van der Waals surface area (Å²) in [5, 5.41) is 18.5. The first-order valence-electron chi connectivity index (χ1n) is 18.9. The van der Waals surface area contributed by atoms with Crippen LogP contribution < -0.4 is 25.2 Å². The van der Waals surface area contributed by atoms with Gasteiger partial charge < -0.3 is 19.7 Å². The number of amides is 1. The lowest BCUT2D eigenvalue weighted by atomic mass is 9.96. The molecule has 0 spiro atoms.